The SMILES string of the molecule is CC.CCCCCN1CCN(CCCCC)c2cc(N)ccc21.Nc1n(CCCCNC(=O)C(F)(F)F)cc[n+]1CCCCNC(=O)C(F)(F)F. The van der Waals surface area contributed by atoms with E-state index in [2.05, 4.69) is 35.8 Å². The number of rotatable bonds is 18. The summed E-state index contributed by atoms with van der Waals surface area (Å²) in [5, 5.41) is 3.55. The van der Waals surface area contributed by atoms with Gasteiger partial charge in [0.2, 0.25) is 0 Å². The molecule has 2 amide bonds. The maximum Gasteiger partial charge on any atom is 0.471 e. The maximum absolute atomic E-state index is 12.0. The number of amides is 2. The highest BCUT2D eigenvalue weighted by atomic mass is 19.4. The van der Waals surface area contributed by atoms with Gasteiger partial charge in [-0.05, 0) is 56.7 Å². The third kappa shape index (κ3) is 16.8. The molecule has 16 heteroatoms. The number of nitrogens with zero attached hydrogens (tertiary/aromatic N) is 4. The van der Waals surface area contributed by atoms with Crippen molar-refractivity contribution in [2.24, 2.45) is 0 Å². The fourth-order valence-electron chi connectivity index (χ4n) is 5.39. The number of carbonyl (C=O) groups excluding carboxylic acids is 2. The number of aromatic nitrogens is 2. The smallest absolute Gasteiger partial charge is 0.399 e. The number of fused-ring (bicyclic) bond motifs is 1. The molecule has 0 unspecified atom stereocenters. The third-order valence-electron chi connectivity index (χ3n) is 8.14. The van der Waals surface area contributed by atoms with Gasteiger partial charge in [-0.15, -0.1) is 0 Å². The number of carbonyl (C=O) groups is 2. The first-order chi connectivity index (χ1) is 24.2. The number of anilines is 4. The van der Waals surface area contributed by atoms with Crippen molar-refractivity contribution in [2.75, 3.05) is 60.5 Å². The van der Waals surface area contributed by atoms with Crippen LogP contribution in [0.2, 0.25) is 0 Å². The van der Waals surface area contributed by atoms with Gasteiger partial charge in [0.1, 0.15) is 0 Å². The van der Waals surface area contributed by atoms with Crippen molar-refractivity contribution >= 4 is 34.8 Å². The third-order valence-corrected chi connectivity index (χ3v) is 8.14. The summed E-state index contributed by atoms with van der Waals surface area (Å²) in [6, 6.07) is 6.41. The molecular weight excluding hydrogens is 678 g/mol. The van der Waals surface area contributed by atoms with E-state index in [0.717, 1.165) is 25.3 Å². The van der Waals surface area contributed by atoms with Crippen molar-refractivity contribution in [3.05, 3.63) is 30.6 Å². The average molecular weight is 738 g/mol. The number of unbranched alkanes of at least 4 members (excludes halogenated alkanes) is 6. The highest BCUT2D eigenvalue weighted by Gasteiger charge is 2.38. The molecule has 0 saturated carbocycles. The van der Waals surface area contributed by atoms with Crippen molar-refractivity contribution in [2.45, 2.75) is 117 Å². The molecule has 0 fully saturated rings. The number of aryl methyl sites for hydroxylation is 2. The summed E-state index contributed by atoms with van der Waals surface area (Å²) in [6.07, 6.45) is 2.96. The van der Waals surface area contributed by atoms with E-state index in [-0.39, 0.29) is 13.1 Å². The minimum Gasteiger partial charge on any atom is -0.399 e. The molecule has 10 nitrogen and oxygen atoms in total. The molecule has 0 radical (unpaired) electrons. The lowest BCUT2D eigenvalue weighted by Gasteiger charge is -2.39. The Morgan fingerprint density at radius 1 is 0.725 bits per heavy atom. The van der Waals surface area contributed by atoms with Crippen molar-refractivity contribution in [1.29, 1.82) is 0 Å². The Hall–Kier alpha value is -3.85. The van der Waals surface area contributed by atoms with Gasteiger partial charge < -0.3 is 26.2 Å². The van der Waals surface area contributed by atoms with Gasteiger partial charge in [-0.3, -0.25) is 15.3 Å². The molecule has 1 aliphatic heterocycles. The molecule has 0 bridgehead atoms. The second-order valence-electron chi connectivity index (χ2n) is 12.1. The van der Waals surface area contributed by atoms with Crippen LogP contribution >= 0.6 is 0 Å². The van der Waals surface area contributed by atoms with Crippen molar-refractivity contribution in [1.82, 2.24) is 15.2 Å². The summed E-state index contributed by atoms with van der Waals surface area (Å²) in [4.78, 5) is 26.4. The van der Waals surface area contributed by atoms with E-state index in [9.17, 15) is 35.9 Å². The van der Waals surface area contributed by atoms with Crippen LogP contribution in [0.5, 0.6) is 0 Å². The number of benzene rings is 1. The molecule has 1 aromatic heterocycles. The normalized spacial score (nSPS) is 12.7. The maximum atomic E-state index is 12.0. The monoisotopic (exact) mass is 737 g/mol. The number of nitrogens with one attached hydrogen (secondary N) is 2. The lowest BCUT2D eigenvalue weighted by molar-refractivity contribution is -0.682. The van der Waals surface area contributed by atoms with E-state index >= 15 is 0 Å². The van der Waals surface area contributed by atoms with Crippen molar-refractivity contribution < 1.29 is 40.5 Å². The summed E-state index contributed by atoms with van der Waals surface area (Å²) >= 11 is 0. The van der Waals surface area contributed by atoms with Gasteiger partial charge in [0, 0.05) is 45.0 Å². The second kappa shape index (κ2) is 23.6. The highest BCUT2D eigenvalue weighted by Crippen LogP contribution is 2.35. The molecule has 6 N–H and O–H groups in total. The zero-order valence-electron chi connectivity index (χ0n) is 30.6. The van der Waals surface area contributed by atoms with Crippen LogP contribution in [0.15, 0.2) is 30.6 Å². The minimum absolute atomic E-state index is 0.108. The number of halogens is 6. The lowest BCUT2D eigenvalue weighted by Crippen LogP contribution is -2.42. The topological polar surface area (TPSA) is 126 Å². The molecule has 0 spiro atoms. The molecule has 2 heterocycles. The van der Waals surface area contributed by atoms with Crippen LogP contribution in [0, 0.1) is 0 Å². The van der Waals surface area contributed by atoms with Gasteiger partial charge >= 0.3 is 30.1 Å². The Morgan fingerprint density at radius 2 is 1.22 bits per heavy atom. The second-order valence-corrected chi connectivity index (χ2v) is 12.1. The van der Waals surface area contributed by atoms with Crippen molar-refractivity contribution in [3.63, 3.8) is 0 Å². The Labute approximate surface area is 298 Å². The van der Waals surface area contributed by atoms with Gasteiger partial charge in [0.15, 0.2) is 0 Å². The zero-order chi connectivity index (χ0) is 38.5. The van der Waals surface area contributed by atoms with Crippen LogP contribution < -0.4 is 36.5 Å². The van der Waals surface area contributed by atoms with Crippen LogP contribution in [0.25, 0.3) is 0 Å². The van der Waals surface area contributed by atoms with Crippen LogP contribution in [-0.2, 0) is 22.7 Å². The summed E-state index contributed by atoms with van der Waals surface area (Å²) < 4.78 is 75.4. The molecule has 3 rings (SSSR count). The number of alkyl halides is 6. The predicted molar refractivity (Wildman–Crippen MR) is 191 cm³/mol. The van der Waals surface area contributed by atoms with Gasteiger partial charge in [-0.2, -0.15) is 26.3 Å². The Balaban J connectivity index is 0.000000503. The van der Waals surface area contributed by atoms with E-state index in [0.29, 0.717) is 44.7 Å². The molecule has 0 saturated heterocycles. The first-order valence-electron chi connectivity index (χ1n) is 18.1. The van der Waals surface area contributed by atoms with Crippen LogP contribution in [0.4, 0.5) is 49.4 Å². The van der Waals surface area contributed by atoms with E-state index in [4.69, 9.17) is 11.5 Å². The largest absolute Gasteiger partial charge is 0.471 e. The molecule has 2 aromatic rings. The first kappa shape index (κ1) is 45.2. The van der Waals surface area contributed by atoms with E-state index in [1.807, 2.05) is 19.9 Å². The summed E-state index contributed by atoms with van der Waals surface area (Å²) in [6.45, 7) is 13.8. The quantitative estimate of drug-likeness (QED) is 0.0594. The van der Waals surface area contributed by atoms with E-state index in [1.165, 1.54) is 56.4 Å². The van der Waals surface area contributed by atoms with Crippen LogP contribution in [-0.4, -0.2) is 68.0 Å². The number of imidazole rings is 1. The van der Waals surface area contributed by atoms with Gasteiger partial charge in [-0.1, -0.05) is 53.4 Å². The van der Waals surface area contributed by atoms with Gasteiger partial charge in [0.25, 0.3) is 0 Å². The number of hydrogen-bond donors (Lipinski definition) is 4. The standard InChI is InChI=1S/C18H31N3.C15H21F6N5O2.C2H6/c1-3-5-7-11-20-13-14-21(12-8-6-4-2)18-15-16(19)9-10-17(18)20;16-14(17,18)11(27)23-5-1-3-7-25-9-10-26(13(25)22)8-4-2-6-24-12(28)15(19,20)21;1-2/h9-10,15H,3-8,11-14,19H2,1-2H3;9-10,22H,1-8H2,(H2,23,24,27,28);1-2H3/p+1. The molecule has 1 aliphatic rings. The first-order valence-corrected chi connectivity index (χ1v) is 18.1. The molecule has 0 atom stereocenters. The predicted octanol–water partition coefficient (Wildman–Crippen LogP) is 6.58. The van der Waals surface area contributed by atoms with Crippen LogP contribution in [0.3, 0.4) is 0 Å². The fraction of sp³-hybridized carbons (Fsp3) is 0.686. The number of hydrogen-bond acceptors (Lipinski definition) is 6. The molecule has 292 valence electrons. The molecule has 51 heavy (non-hydrogen) atoms. The Bertz CT molecular complexity index is 1230. The number of nitrogens with two attached hydrogens (primary N) is 2. The van der Waals surface area contributed by atoms with Crippen LogP contribution in [0.1, 0.15) is 91.9 Å². The average Bonchev–Trinajstić information content (AvgIpc) is 3.43. The highest BCUT2D eigenvalue weighted by molar-refractivity contribution is 5.82. The number of nitrogen functional groups attached to an aromatic ring is 2. The molecule has 0 aliphatic carbocycles. The zero-order valence-corrected chi connectivity index (χ0v) is 30.6. The van der Waals surface area contributed by atoms with Crippen molar-refractivity contribution in [3.8, 4) is 0 Å². The Kier molecular flexibility index (Phi) is 20.9. The lowest BCUT2D eigenvalue weighted by atomic mass is 10.1. The molecular formula is C35H59F6N8O2+. The Morgan fingerprint density at radius 3 is 1.73 bits per heavy atom. The van der Waals surface area contributed by atoms with E-state index < -0.39 is 24.2 Å². The fourth-order valence-corrected chi connectivity index (χ4v) is 5.39. The van der Waals surface area contributed by atoms with Gasteiger partial charge in [-0.25, -0.2) is 9.13 Å². The minimum atomic E-state index is -4.90. The summed E-state index contributed by atoms with van der Waals surface area (Å²) in [5.74, 6) is -3.56. The van der Waals surface area contributed by atoms with E-state index in [1.54, 1.807) is 32.2 Å². The summed E-state index contributed by atoms with van der Waals surface area (Å²) in [7, 11) is 0. The molecule has 1 aromatic carbocycles. The summed E-state index contributed by atoms with van der Waals surface area (Å²) in [5.41, 5.74) is 15.6. The van der Waals surface area contributed by atoms with Gasteiger partial charge in [0.05, 0.1) is 36.9 Å².